The van der Waals surface area contributed by atoms with E-state index in [2.05, 4.69) is 26.1 Å². The van der Waals surface area contributed by atoms with E-state index in [-0.39, 0.29) is 23.3 Å². The van der Waals surface area contributed by atoms with Crippen LogP contribution in [0, 0.1) is 24.0 Å². The molecule has 1 saturated heterocycles. The summed E-state index contributed by atoms with van der Waals surface area (Å²) in [6, 6.07) is 1.26. The van der Waals surface area contributed by atoms with Crippen LogP contribution in [0.25, 0.3) is 0 Å². The molecule has 1 fully saturated rings. The van der Waals surface area contributed by atoms with Crippen LogP contribution in [0.4, 0.5) is 8.78 Å². The van der Waals surface area contributed by atoms with Crippen LogP contribution in [0.5, 0.6) is 0 Å². The molecule has 4 rings (SSSR count). The van der Waals surface area contributed by atoms with Crippen LogP contribution in [0.1, 0.15) is 29.1 Å². The van der Waals surface area contributed by atoms with Gasteiger partial charge in [-0.05, 0) is 13.0 Å². The topological polar surface area (TPSA) is 87.1 Å². The fourth-order valence-electron chi connectivity index (χ4n) is 4.03. The number of amides is 1. The number of aromatic nitrogens is 1. The molecule has 2 aromatic rings. The maximum atomic E-state index is 14.6. The summed E-state index contributed by atoms with van der Waals surface area (Å²) in [4.78, 5) is 37.0. The molecule has 1 aromatic carbocycles. The van der Waals surface area contributed by atoms with E-state index in [1.165, 1.54) is 17.4 Å². The summed E-state index contributed by atoms with van der Waals surface area (Å²) in [5, 5.41) is 5.55. The van der Waals surface area contributed by atoms with Gasteiger partial charge in [0.1, 0.15) is 6.04 Å². The van der Waals surface area contributed by atoms with E-state index >= 15 is 0 Å². The number of hydrogen-bond acceptors (Lipinski definition) is 8. The summed E-state index contributed by atoms with van der Waals surface area (Å²) in [5.74, 6) is -0.312. The Kier molecular flexibility index (Phi) is 7.53. The van der Waals surface area contributed by atoms with Crippen molar-refractivity contribution >= 4 is 29.6 Å². The molecule has 2 aliphatic rings. The third-order valence-electron chi connectivity index (χ3n) is 5.76. The summed E-state index contributed by atoms with van der Waals surface area (Å²) in [5.41, 5.74) is 0.529. The predicted octanol–water partition coefficient (Wildman–Crippen LogP) is 2.08. The smallest absolute Gasteiger partial charge is 0.338 e. The van der Waals surface area contributed by atoms with Crippen molar-refractivity contribution in [2.24, 2.45) is 4.99 Å². The van der Waals surface area contributed by atoms with Crippen molar-refractivity contribution in [3.63, 3.8) is 0 Å². The molecule has 3 heterocycles. The number of piperazine rings is 1. The van der Waals surface area contributed by atoms with Crippen molar-refractivity contribution < 1.29 is 23.1 Å². The molecular weight excluding hydrogens is 476 g/mol. The summed E-state index contributed by atoms with van der Waals surface area (Å²) in [6.45, 7) is 4.39. The molecule has 35 heavy (non-hydrogen) atoms. The lowest BCUT2D eigenvalue weighted by Crippen LogP contribution is -2.48. The second-order valence-corrected chi connectivity index (χ2v) is 8.74. The normalized spacial score (nSPS) is 18.5. The van der Waals surface area contributed by atoms with Crippen molar-refractivity contribution in [3.05, 3.63) is 62.7 Å². The molecule has 1 unspecified atom stereocenters. The van der Waals surface area contributed by atoms with Gasteiger partial charge in [-0.25, -0.2) is 18.6 Å². The molecule has 1 atom stereocenters. The molecule has 0 saturated carbocycles. The largest absolute Gasteiger partial charge is 0.463 e. The molecule has 0 spiro atoms. The number of halogens is 2. The third-order valence-corrected chi connectivity index (χ3v) is 6.54. The number of nitrogens with zero attached hydrogens (tertiary/aromatic N) is 4. The Morgan fingerprint density at radius 3 is 2.74 bits per heavy atom. The highest BCUT2D eigenvalue weighted by Gasteiger charge is 2.35. The maximum Gasteiger partial charge on any atom is 0.338 e. The molecule has 1 N–H and O–H groups in total. The first kappa shape index (κ1) is 24.5. The minimum absolute atomic E-state index is 0.114. The van der Waals surface area contributed by atoms with Crippen LogP contribution in [-0.2, 0) is 14.3 Å². The average molecular weight is 500 g/mol. The van der Waals surface area contributed by atoms with E-state index in [0.717, 1.165) is 12.5 Å². The Balaban J connectivity index is 1.83. The minimum Gasteiger partial charge on any atom is -0.463 e. The van der Waals surface area contributed by atoms with Gasteiger partial charge in [0.25, 0.3) is 0 Å². The molecule has 1 aromatic heterocycles. The van der Waals surface area contributed by atoms with Crippen molar-refractivity contribution in [2.75, 3.05) is 39.3 Å². The zero-order valence-electron chi connectivity index (χ0n) is 19.0. The first-order valence-electron chi connectivity index (χ1n) is 11.0. The fourth-order valence-corrected chi connectivity index (χ4v) is 4.62. The Hall–Kier alpha value is -3.62. The van der Waals surface area contributed by atoms with Gasteiger partial charge in [-0.3, -0.25) is 14.7 Å². The van der Waals surface area contributed by atoms with Gasteiger partial charge in [-0.15, -0.1) is 17.8 Å². The predicted molar refractivity (Wildman–Crippen MR) is 127 cm³/mol. The van der Waals surface area contributed by atoms with Gasteiger partial charge >= 0.3 is 5.97 Å². The highest BCUT2D eigenvalue weighted by Crippen LogP contribution is 2.36. The monoisotopic (exact) mass is 499 g/mol. The number of terminal acetylenes is 1. The molecule has 8 nitrogen and oxygen atoms in total. The quantitative estimate of drug-likeness (QED) is 0.357. The fraction of sp³-hybridized carbons (Fsp3) is 0.333. The van der Waals surface area contributed by atoms with Crippen molar-refractivity contribution in [2.45, 2.75) is 13.0 Å². The van der Waals surface area contributed by atoms with Crippen LogP contribution in [0.15, 0.2) is 40.0 Å². The third kappa shape index (κ3) is 5.08. The van der Waals surface area contributed by atoms with Crippen molar-refractivity contribution in [1.82, 2.24) is 20.1 Å². The van der Waals surface area contributed by atoms with Crippen LogP contribution in [0.2, 0.25) is 0 Å². The van der Waals surface area contributed by atoms with E-state index in [9.17, 15) is 18.4 Å². The Bertz CT molecular complexity index is 1210. The average Bonchev–Trinajstić information content (AvgIpc) is 3.41. The summed E-state index contributed by atoms with van der Waals surface area (Å²) < 4.78 is 33.9. The lowest BCUT2D eigenvalue weighted by Gasteiger charge is -2.35. The number of benzene rings is 1. The number of carbonyl (C=O) groups excluding carboxylic acids is 2. The molecule has 182 valence electrons. The summed E-state index contributed by atoms with van der Waals surface area (Å²) >= 11 is 1.34. The Morgan fingerprint density at radius 1 is 1.34 bits per heavy atom. The lowest BCUT2D eigenvalue weighted by molar-refractivity contribution is -0.139. The number of rotatable bonds is 7. The van der Waals surface area contributed by atoms with Crippen LogP contribution in [-0.4, -0.2) is 72.3 Å². The molecule has 0 aliphatic carbocycles. The molecule has 1 amide bonds. The molecule has 0 radical (unpaired) electrons. The number of carbonyl (C=O) groups is 2. The Labute approximate surface area is 205 Å². The molecular formula is C24H23F2N5O3S. The number of thiazole rings is 1. The second kappa shape index (κ2) is 10.8. The van der Waals surface area contributed by atoms with E-state index in [1.54, 1.807) is 23.4 Å². The Morgan fingerprint density at radius 2 is 2.11 bits per heavy atom. The van der Waals surface area contributed by atoms with E-state index < -0.39 is 23.6 Å². The number of aliphatic imine (C=N–C) groups is 1. The number of ether oxygens (including phenoxy) is 1. The van der Waals surface area contributed by atoms with Gasteiger partial charge in [0.05, 0.1) is 17.7 Å². The van der Waals surface area contributed by atoms with Crippen molar-refractivity contribution in [1.29, 1.82) is 0 Å². The number of nitrogens with one attached hydrogen (secondary N) is 1. The second-order valence-electron chi connectivity index (χ2n) is 7.84. The first-order chi connectivity index (χ1) is 17.0. The van der Waals surface area contributed by atoms with Crippen LogP contribution < -0.4 is 5.32 Å². The van der Waals surface area contributed by atoms with Gasteiger partial charge in [0, 0.05) is 55.6 Å². The number of amidine groups is 1. The minimum atomic E-state index is -1.18. The zero-order chi connectivity index (χ0) is 24.9. The van der Waals surface area contributed by atoms with Crippen LogP contribution in [0.3, 0.4) is 0 Å². The lowest BCUT2D eigenvalue weighted by atomic mass is 9.91. The SMILES string of the molecule is C#Cc1c(C2N=C(c3nccs3)NC(CN3CCN(C=O)CC3)=C2C(=O)OCC)ccc(F)c1F. The number of esters is 1. The molecule has 0 bridgehead atoms. The van der Waals surface area contributed by atoms with Gasteiger partial charge in [-0.2, -0.15) is 0 Å². The maximum absolute atomic E-state index is 14.6. The van der Waals surface area contributed by atoms with Gasteiger partial charge in [0.2, 0.25) is 6.41 Å². The van der Waals surface area contributed by atoms with Gasteiger partial charge in [0.15, 0.2) is 22.5 Å². The van der Waals surface area contributed by atoms with E-state index in [1.807, 2.05) is 0 Å². The highest BCUT2D eigenvalue weighted by atomic mass is 32.1. The summed E-state index contributed by atoms with van der Waals surface area (Å²) in [6.07, 6.45) is 7.97. The summed E-state index contributed by atoms with van der Waals surface area (Å²) in [7, 11) is 0. The van der Waals surface area contributed by atoms with Gasteiger partial charge in [-0.1, -0.05) is 12.0 Å². The van der Waals surface area contributed by atoms with E-state index in [4.69, 9.17) is 11.2 Å². The first-order valence-corrected chi connectivity index (χ1v) is 11.9. The van der Waals surface area contributed by atoms with Crippen LogP contribution >= 0.6 is 11.3 Å². The number of hydrogen-bond donors (Lipinski definition) is 1. The standard InChI is InChI=1S/C24H23F2N5O3S/c1-3-15-16(5-6-17(25)20(15)26)21-19(24(33)34-4-2)18(13-30-8-10-31(14-32)11-9-30)28-22(29-21)23-27-7-12-35-23/h1,5-7,12,14,21H,4,8-11,13H2,2H3,(H,28,29). The molecule has 2 aliphatic heterocycles. The highest BCUT2D eigenvalue weighted by molar-refractivity contribution is 7.11. The van der Waals surface area contributed by atoms with E-state index in [0.29, 0.717) is 49.3 Å². The van der Waals surface area contributed by atoms with Gasteiger partial charge < -0.3 is 15.0 Å². The zero-order valence-corrected chi connectivity index (χ0v) is 19.8. The van der Waals surface area contributed by atoms with Crippen molar-refractivity contribution in [3.8, 4) is 12.3 Å². The molecule has 11 heteroatoms.